The largest absolute Gasteiger partial charge is 0.395 e. The first kappa shape index (κ1) is 11.5. The van der Waals surface area contributed by atoms with Gasteiger partial charge in [0.05, 0.1) is 6.61 Å². The number of aliphatic hydroxyl groups is 1. The zero-order valence-electron chi connectivity index (χ0n) is 9.00. The maximum absolute atomic E-state index is 13.4. The Morgan fingerprint density at radius 2 is 2.19 bits per heavy atom. The summed E-state index contributed by atoms with van der Waals surface area (Å²) in [5, 5.41) is 9.13. The zero-order chi connectivity index (χ0) is 11.5. The zero-order valence-corrected chi connectivity index (χ0v) is 9.00. The van der Waals surface area contributed by atoms with Crippen molar-refractivity contribution < 1.29 is 13.9 Å². The predicted molar refractivity (Wildman–Crippen MR) is 56.9 cm³/mol. The second-order valence-electron chi connectivity index (χ2n) is 4.18. The van der Waals surface area contributed by atoms with Crippen LogP contribution < -0.4 is 0 Å². The van der Waals surface area contributed by atoms with E-state index in [9.17, 15) is 8.78 Å². The Kier molecular flexibility index (Phi) is 3.51. The van der Waals surface area contributed by atoms with Gasteiger partial charge in [0.1, 0.15) is 11.6 Å². The van der Waals surface area contributed by atoms with Gasteiger partial charge in [-0.3, -0.25) is 4.90 Å². The van der Waals surface area contributed by atoms with Crippen LogP contribution >= 0.6 is 0 Å². The Hall–Kier alpha value is -1.00. The quantitative estimate of drug-likeness (QED) is 0.852. The smallest absolute Gasteiger partial charge is 0.127 e. The molecule has 1 saturated heterocycles. The molecule has 0 radical (unpaired) electrons. The lowest BCUT2D eigenvalue weighted by atomic mass is 10.1. The first-order valence-electron chi connectivity index (χ1n) is 5.49. The average molecular weight is 227 g/mol. The van der Waals surface area contributed by atoms with E-state index in [1.165, 1.54) is 6.07 Å². The van der Waals surface area contributed by atoms with Crippen molar-refractivity contribution in [1.82, 2.24) is 4.90 Å². The molecule has 1 aliphatic heterocycles. The van der Waals surface area contributed by atoms with Gasteiger partial charge in [0, 0.05) is 18.2 Å². The minimum absolute atomic E-state index is 0.0803. The van der Waals surface area contributed by atoms with Crippen LogP contribution in [0.1, 0.15) is 18.4 Å². The van der Waals surface area contributed by atoms with Crippen LogP contribution in [-0.2, 0) is 6.54 Å². The van der Waals surface area contributed by atoms with E-state index < -0.39 is 5.82 Å². The first-order valence-corrected chi connectivity index (χ1v) is 5.49. The molecule has 0 amide bonds. The van der Waals surface area contributed by atoms with Crippen molar-refractivity contribution in [2.75, 3.05) is 13.2 Å². The van der Waals surface area contributed by atoms with Gasteiger partial charge in [-0.2, -0.15) is 0 Å². The summed E-state index contributed by atoms with van der Waals surface area (Å²) in [7, 11) is 0. The lowest BCUT2D eigenvalue weighted by Gasteiger charge is -2.22. The van der Waals surface area contributed by atoms with Gasteiger partial charge in [-0.05, 0) is 37.6 Å². The number of benzene rings is 1. The molecule has 0 aromatic heterocycles. The van der Waals surface area contributed by atoms with Crippen molar-refractivity contribution in [3.63, 3.8) is 0 Å². The van der Waals surface area contributed by atoms with Crippen LogP contribution in [-0.4, -0.2) is 29.2 Å². The molecule has 1 aromatic rings. The summed E-state index contributed by atoms with van der Waals surface area (Å²) in [6, 6.07) is 3.58. The molecule has 1 heterocycles. The molecule has 0 spiro atoms. The van der Waals surface area contributed by atoms with E-state index in [1.54, 1.807) is 0 Å². The normalized spacial score (nSPS) is 21.6. The maximum Gasteiger partial charge on any atom is 0.127 e. The average Bonchev–Trinajstić information content (AvgIpc) is 2.71. The van der Waals surface area contributed by atoms with Crippen LogP contribution in [0.25, 0.3) is 0 Å². The molecule has 1 aromatic carbocycles. The van der Waals surface area contributed by atoms with Gasteiger partial charge < -0.3 is 5.11 Å². The van der Waals surface area contributed by atoms with Crippen molar-refractivity contribution in [3.8, 4) is 0 Å². The molecule has 1 aliphatic rings. The topological polar surface area (TPSA) is 23.5 Å². The molecule has 0 aliphatic carbocycles. The predicted octanol–water partition coefficient (Wildman–Crippen LogP) is 1.92. The fourth-order valence-electron chi connectivity index (χ4n) is 2.19. The molecule has 2 rings (SSSR count). The highest BCUT2D eigenvalue weighted by Crippen LogP contribution is 2.21. The van der Waals surface area contributed by atoms with Crippen LogP contribution in [0.15, 0.2) is 18.2 Å². The van der Waals surface area contributed by atoms with Gasteiger partial charge >= 0.3 is 0 Å². The van der Waals surface area contributed by atoms with Crippen molar-refractivity contribution in [2.24, 2.45) is 0 Å². The van der Waals surface area contributed by atoms with Crippen molar-refractivity contribution in [2.45, 2.75) is 25.4 Å². The number of hydrogen-bond donors (Lipinski definition) is 1. The number of nitrogens with zero attached hydrogens (tertiary/aromatic N) is 1. The molecule has 0 bridgehead atoms. The molecule has 88 valence electrons. The van der Waals surface area contributed by atoms with E-state index in [2.05, 4.69) is 0 Å². The van der Waals surface area contributed by atoms with Crippen molar-refractivity contribution >= 4 is 0 Å². The first-order chi connectivity index (χ1) is 7.70. The number of halogens is 2. The fourth-order valence-corrected chi connectivity index (χ4v) is 2.19. The Bertz CT molecular complexity index is 370. The lowest BCUT2D eigenvalue weighted by molar-refractivity contribution is 0.152. The van der Waals surface area contributed by atoms with Crippen molar-refractivity contribution in [1.29, 1.82) is 0 Å². The van der Waals surface area contributed by atoms with Crippen molar-refractivity contribution in [3.05, 3.63) is 35.4 Å². The number of likely N-dealkylation sites (tertiary alicyclic amines) is 1. The third kappa shape index (κ3) is 2.39. The van der Waals surface area contributed by atoms with E-state index >= 15 is 0 Å². The standard InChI is InChI=1S/C12H15F2NO/c13-10-3-4-12(14)9(6-10)7-15-5-1-2-11(15)8-16/h3-4,6,11,16H,1-2,5,7-8H2/t11-/m0/s1. The molecule has 2 nitrogen and oxygen atoms in total. The van der Waals surface area contributed by atoms with Crippen LogP contribution in [0.3, 0.4) is 0 Å². The highest BCUT2D eigenvalue weighted by molar-refractivity contribution is 5.18. The van der Waals surface area contributed by atoms with E-state index in [0.717, 1.165) is 31.5 Å². The third-order valence-electron chi connectivity index (χ3n) is 3.09. The Labute approximate surface area is 93.5 Å². The van der Waals surface area contributed by atoms with Gasteiger partial charge in [-0.15, -0.1) is 0 Å². The SMILES string of the molecule is OC[C@@H]1CCCN1Cc1cc(F)ccc1F. The minimum Gasteiger partial charge on any atom is -0.395 e. The van der Waals surface area contributed by atoms with Gasteiger partial charge in [0.25, 0.3) is 0 Å². The van der Waals surface area contributed by atoms with Crippen LogP contribution in [0.4, 0.5) is 8.78 Å². The number of rotatable bonds is 3. The summed E-state index contributed by atoms with van der Waals surface area (Å²) in [6.45, 7) is 1.28. The number of hydrogen-bond acceptors (Lipinski definition) is 2. The summed E-state index contributed by atoms with van der Waals surface area (Å²) in [6.07, 6.45) is 1.93. The summed E-state index contributed by atoms with van der Waals surface area (Å²) in [5.74, 6) is -0.805. The van der Waals surface area contributed by atoms with E-state index in [1.807, 2.05) is 4.90 Å². The lowest BCUT2D eigenvalue weighted by Crippen LogP contribution is -2.31. The van der Waals surface area contributed by atoms with E-state index in [-0.39, 0.29) is 18.5 Å². The second-order valence-corrected chi connectivity index (χ2v) is 4.18. The molecule has 1 N–H and O–H groups in total. The number of aliphatic hydroxyl groups excluding tert-OH is 1. The van der Waals surface area contributed by atoms with Crippen LogP contribution in [0, 0.1) is 11.6 Å². The molecule has 4 heteroatoms. The minimum atomic E-state index is -0.420. The molecule has 0 saturated carbocycles. The fraction of sp³-hybridized carbons (Fsp3) is 0.500. The van der Waals surface area contributed by atoms with Gasteiger partial charge in [0.15, 0.2) is 0 Å². The Morgan fingerprint density at radius 3 is 2.94 bits per heavy atom. The molecule has 1 fully saturated rings. The summed E-state index contributed by atoms with van der Waals surface area (Å²) < 4.78 is 26.4. The summed E-state index contributed by atoms with van der Waals surface area (Å²) >= 11 is 0. The molecule has 16 heavy (non-hydrogen) atoms. The van der Waals surface area contributed by atoms with E-state index in [0.29, 0.717) is 12.1 Å². The highest BCUT2D eigenvalue weighted by atomic mass is 19.1. The second kappa shape index (κ2) is 4.89. The molecular formula is C12H15F2NO. The Balaban J connectivity index is 2.11. The van der Waals surface area contributed by atoms with Gasteiger partial charge in [-0.1, -0.05) is 0 Å². The molecular weight excluding hydrogens is 212 g/mol. The van der Waals surface area contributed by atoms with Gasteiger partial charge in [-0.25, -0.2) is 8.78 Å². The van der Waals surface area contributed by atoms with Gasteiger partial charge in [0.2, 0.25) is 0 Å². The third-order valence-corrected chi connectivity index (χ3v) is 3.09. The highest BCUT2D eigenvalue weighted by Gasteiger charge is 2.24. The molecule has 1 atom stereocenters. The Morgan fingerprint density at radius 1 is 1.38 bits per heavy atom. The maximum atomic E-state index is 13.4. The molecule has 0 unspecified atom stereocenters. The van der Waals surface area contributed by atoms with Crippen LogP contribution in [0.2, 0.25) is 0 Å². The monoisotopic (exact) mass is 227 g/mol. The van der Waals surface area contributed by atoms with E-state index in [4.69, 9.17) is 5.11 Å². The summed E-state index contributed by atoms with van der Waals surface area (Å²) in [4.78, 5) is 2.00. The summed E-state index contributed by atoms with van der Waals surface area (Å²) in [5.41, 5.74) is 0.361. The van der Waals surface area contributed by atoms with Crippen LogP contribution in [0.5, 0.6) is 0 Å².